The fourth-order valence-electron chi connectivity index (χ4n) is 2.38. The van der Waals surface area contributed by atoms with Crippen LogP contribution >= 0.6 is 11.8 Å². The SMILES string of the molecule is COCCn1c(SCC(=O)Nc2cccc(C)c2C)nc(C)c1C. The minimum atomic E-state index is -0.0229. The Balaban J connectivity index is 2.01. The van der Waals surface area contributed by atoms with Gasteiger partial charge in [0.05, 0.1) is 18.1 Å². The number of thioether (sulfide) groups is 1. The highest BCUT2D eigenvalue weighted by atomic mass is 32.2. The van der Waals surface area contributed by atoms with Crippen LogP contribution in [0.4, 0.5) is 5.69 Å². The van der Waals surface area contributed by atoms with Gasteiger partial charge < -0.3 is 14.6 Å². The number of carbonyl (C=O) groups is 1. The third kappa shape index (κ3) is 4.39. The maximum absolute atomic E-state index is 12.3. The lowest BCUT2D eigenvalue weighted by atomic mass is 10.1. The van der Waals surface area contributed by atoms with Gasteiger partial charge in [0.15, 0.2) is 5.16 Å². The number of carbonyl (C=O) groups excluding carboxylic acids is 1. The van der Waals surface area contributed by atoms with Crippen LogP contribution in [0.5, 0.6) is 0 Å². The Morgan fingerprint density at radius 1 is 1.29 bits per heavy atom. The summed E-state index contributed by atoms with van der Waals surface area (Å²) in [6.45, 7) is 9.44. The van der Waals surface area contributed by atoms with E-state index < -0.39 is 0 Å². The van der Waals surface area contributed by atoms with Crippen LogP contribution in [0.1, 0.15) is 22.5 Å². The minimum Gasteiger partial charge on any atom is -0.383 e. The molecule has 1 aromatic carbocycles. The van der Waals surface area contributed by atoms with E-state index in [1.165, 1.54) is 17.3 Å². The number of rotatable bonds is 7. The number of benzene rings is 1. The van der Waals surface area contributed by atoms with E-state index in [0.29, 0.717) is 12.4 Å². The van der Waals surface area contributed by atoms with Gasteiger partial charge in [-0.3, -0.25) is 4.79 Å². The summed E-state index contributed by atoms with van der Waals surface area (Å²) in [5.41, 5.74) is 5.25. The molecule has 0 aliphatic carbocycles. The Hall–Kier alpha value is -1.79. The molecule has 0 unspecified atom stereocenters. The standard InChI is InChI=1S/C18H25N3O2S/c1-12-7-6-8-16(13(12)2)20-17(22)11-24-18-19-14(3)15(4)21(18)9-10-23-5/h6-8H,9-11H2,1-5H3,(H,20,22). The molecule has 6 heteroatoms. The molecule has 0 fully saturated rings. The minimum absolute atomic E-state index is 0.0229. The molecule has 2 rings (SSSR count). The smallest absolute Gasteiger partial charge is 0.234 e. The predicted molar refractivity (Wildman–Crippen MR) is 98.8 cm³/mol. The van der Waals surface area contributed by atoms with Crippen LogP contribution in [-0.2, 0) is 16.1 Å². The Kier molecular flexibility index (Phi) is 6.45. The summed E-state index contributed by atoms with van der Waals surface area (Å²) in [4.78, 5) is 16.8. The first-order valence-corrected chi connectivity index (χ1v) is 8.94. The number of ether oxygens (including phenoxy) is 1. The van der Waals surface area contributed by atoms with Crippen LogP contribution in [0.3, 0.4) is 0 Å². The second-order valence-electron chi connectivity index (χ2n) is 5.79. The van der Waals surface area contributed by atoms with Gasteiger partial charge >= 0.3 is 0 Å². The number of anilines is 1. The summed E-state index contributed by atoms with van der Waals surface area (Å²) in [6.07, 6.45) is 0. The highest BCUT2D eigenvalue weighted by Gasteiger charge is 2.14. The third-order valence-corrected chi connectivity index (χ3v) is 5.13. The van der Waals surface area contributed by atoms with Crippen LogP contribution in [0.25, 0.3) is 0 Å². The van der Waals surface area contributed by atoms with E-state index in [4.69, 9.17) is 4.74 Å². The van der Waals surface area contributed by atoms with Crippen molar-refractivity contribution >= 4 is 23.4 Å². The van der Waals surface area contributed by atoms with Gasteiger partial charge in [-0.05, 0) is 44.9 Å². The second kappa shape index (κ2) is 8.35. The first-order valence-electron chi connectivity index (χ1n) is 7.95. The van der Waals surface area contributed by atoms with E-state index in [1.54, 1.807) is 7.11 Å². The number of aromatic nitrogens is 2. The zero-order valence-electron chi connectivity index (χ0n) is 15.0. The highest BCUT2D eigenvalue weighted by molar-refractivity contribution is 7.99. The molecule has 1 amide bonds. The summed E-state index contributed by atoms with van der Waals surface area (Å²) in [5.74, 6) is 0.307. The number of nitrogens with one attached hydrogen (secondary N) is 1. The van der Waals surface area contributed by atoms with Crippen molar-refractivity contribution in [3.05, 3.63) is 40.7 Å². The van der Waals surface area contributed by atoms with Crippen molar-refractivity contribution in [2.45, 2.75) is 39.4 Å². The number of hydrogen-bond acceptors (Lipinski definition) is 4. The molecule has 130 valence electrons. The predicted octanol–water partition coefficient (Wildman–Crippen LogP) is 3.49. The quantitative estimate of drug-likeness (QED) is 0.779. The lowest BCUT2D eigenvalue weighted by molar-refractivity contribution is -0.113. The molecule has 0 bridgehead atoms. The molecule has 0 radical (unpaired) electrons. The summed E-state index contributed by atoms with van der Waals surface area (Å²) < 4.78 is 7.26. The summed E-state index contributed by atoms with van der Waals surface area (Å²) >= 11 is 1.45. The Labute approximate surface area is 147 Å². The van der Waals surface area contributed by atoms with Gasteiger partial charge in [-0.25, -0.2) is 4.98 Å². The maximum Gasteiger partial charge on any atom is 0.234 e. The Morgan fingerprint density at radius 2 is 2.04 bits per heavy atom. The van der Waals surface area contributed by atoms with Gasteiger partial charge in [-0.15, -0.1) is 0 Å². The number of hydrogen-bond donors (Lipinski definition) is 1. The van der Waals surface area contributed by atoms with Crippen molar-refractivity contribution in [1.82, 2.24) is 9.55 Å². The van der Waals surface area contributed by atoms with Gasteiger partial charge in [-0.2, -0.15) is 0 Å². The van der Waals surface area contributed by atoms with Crippen molar-refractivity contribution in [1.29, 1.82) is 0 Å². The van der Waals surface area contributed by atoms with Gasteiger partial charge in [-0.1, -0.05) is 23.9 Å². The maximum atomic E-state index is 12.3. The highest BCUT2D eigenvalue weighted by Crippen LogP contribution is 2.22. The van der Waals surface area contributed by atoms with Crippen LogP contribution in [0.15, 0.2) is 23.4 Å². The normalized spacial score (nSPS) is 10.9. The summed E-state index contributed by atoms with van der Waals surface area (Å²) in [6, 6.07) is 5.92. The van der Waals surface area contributed by atoms with E-state index in [1.807, 2.05) is 45.9 Å². The molecule has 24 heavy (non-hydrogen) atoms. The summed E-state index contributed by atoms with van der Waals surface area (Å²) in [7, 11) is 1.68. The number of imidazole rings is 1. The Bertz CT molecular complexity index is 725. The van der Waals surface area contributed by atoms with E-state index in [2.05, 4.69) is 14.9 Å². The fourth-order valence-corrected chi connectivity index (χ4v) is 3.30. The molecule has 0 atom stereocenters. The molecule has 0 spiro atoms. The number of methoxy groups -OCH3 is 1. The third-order valence-electron chi connectivity index (χ3n) is 4.15. The van der Waals surface area contributed by atoms with Crippen molar-refractivity contribution in [3.63, 3.8) is 0 Å². The van der Waals surface area contributed by atoms with Crippen LogP contribution in [0, 0.1) is 27.7 Å². The first-order chi connectivity index (χ1) is 11.4. The molecule has 5 nitrogen and oxygen atoms in total. The zero-order chi connectivity index (χ0) is 17.7. The molecular formula is C18H25N3O2S. The molecule has 0 aliphatic heterocycles. The molecule has 1 N–H and O–H groups in total. The largest absolute Gasteiger partial charge is 0.383 e. The average Bonchev–Trinajstić information content (AvgIpc) is 2.82. The van der Waals surface area contributed by atoms with Gasteiger partial charge in [0.2, 0.25) is 5.91 Å². The number of aryl methyl sites for hydroxylation is 2. The summed E-state index contributed by atoms with van der Waals surface area (Å²) in [5, 5.41) is 3.84. The van der Waals surface area contributed by atoms with Gasteiger partial charge in [0.1, 0.15) is 0 Å². The van der Waals surface area contributed by atoms with Crippen LogP contribution in [0.2, 0.25) is 0 Å². The van der Waals surface area contributed by atoms with E-state index in [9.17, 15) is 4.79 Å². The van der Waals surface area contributed by atoms with Crippen LogP contribution < -0.4 is 5.32 Å². The van der Waals surface area contributed by atoms with E-state index in [-0.39, 0.29) is 5.91 Å². The average molecular weight is 347 g/mol. The first kappa shape index (κ1) is 18.5. The monoisotopic (exact) mass is 347 g/mol. The van der Waals surface area contributed by atoms with Crippen molar-refractivity contribution in [3.8, 4) is 0 Å². The van der Waals surface area contributed by atoms with Crippen LogP contribution in [-0.4, -0.2) is 34.9 Å². The molecule has 0 saturated heterocycles. The number of amides is 1. The molecule has 1 aromatic heterocycles. The van der Waals surface area contributed by atoms with E-state index >= 15 is 0 Å². The van der Waals surface area contributed by atoms with Crippen molar-refractivity contribution in [2.24, 2.45) is 0 Å². The number of nitrogens with zero attached hydrogens (tertiary/aromatic N) is 2. The molecule has 0 aliphatic rings. The zero-order valence-corrected chi connectivity index (χ0v) is 15.8. The lowest BCUT2D eigenvalue weighted by Crippen LogP contribution is -2.16. The van der Waals surface area contributed by atoms with Crippen molar-refractivity contribution < 1.29 is 9.53 Å². The van der Waals surface area contributed by atoms with Gasteiger partial charge in [0, 0.05) is 25.0 Å². The molecular weight excluding hydrogens is 322 g/mol. The molecule has 1 heterocycles. The molecule has 0 saturated carbocycles. The fraction of sp³-hybridized carbons (Fsp3) is 0.444. The topological polar surface area (TPSA) is 56.1 Å². The van der Waals surface area contributed by atoms with Gasteiger partial charge in [0.25, 0.3) is 0 Å². The van der Waals surface area contributed by atoms with Crippen molar-refractivity contribution in [2.75, 3.05) is 24.8 Å². The second-order valence-corrected chi connectivity index (χ2v) is 6.74. The van der Waals surface area contributed by atoms with E-state index in [0.717, 1.165) is 34.3 Å². The molecule has 2 aromatic rings. The lowest BCUT2D eigenvalue weighted by Gasteiger charge is -2.11. The Morgan fingerprint density at radius 3 is 2.75 bits per heavy atom.